The van der Waals surface area contributed by atoms with Gasteiger partial charge in [0.2, 0.25) is 5.91 Å². The van der Waals surface area contributed by atoms with E-state index < -0.39 is 21.3 Å². The number of hydrogen-bond acceptors (Lipinski definition) is 10. The predicted molar refractivity (Wildman–Crippen MR) is 147 cm³/mol. The van der Waals surface area contributed by atoms with Crippen LogP contribution in [0.4, 0.5) is 22.9 Å². The Kier molecular flexibility index (Phi) is 11.5. The number of anilines is 2. The van der Waals surface area contributed by atoms with E-state index in [1.54, 1.807) is 42.6 Å². The average molecular weight is 575 g/mol. The van der Waals surface area contributed by atoms with Crippen LogP contribution in [-0.4, -0.2) is 52.5 Å². The third-order valence-electron chi connectivity index (χ3n) is 5.66. The summed E-state index contributed by atoms with van der Waals surface area (Å²) < 4.78 is 34.4. The van der Waals surface area contributed by atoms with E-state index >= 15 is 0 Å². The molecule has 1 aromatic carbocycles. The van der Waals surface area contributed by atoms with Crippen LogP contribution in [0.1, 0.15) is 52.3 Å². The summed E-state index contributed by atoms with van der Waals surface area (Å²) >= 11 is 0. The minimum Gasteiger partial charge on any atom is -0.748 e. The van der Waals surface area contributed by atoms with Crippen molar-refractivity contribution in [1.29, 1.82) is 5.26 Å². The van der Waals surface area contributed by atoms with Gasteiger partial charge in [0.1, 0.15) is 17.3 Å². The Morgan fingerprint density at radius 2 is 1.95 bits per heavy atom. The average Bonchev–Trinajstić information content (AvgIpc) is 3.24. The molecule has 3 rings (SSSR count). The third kappa shape index (κ3) is 8.67. The quantitative estimate of drug-likeness (QED) is 0.216. The van der Waals surface area contributed by atoms with Gasteiger partial charge in [-0.1, -0.05) is 26.8 Å². The number of rotatable bonds is 10. The van der Waals surface area contributed by atoms with Crippen LogP contribution < -0.4 is 39.8 Å². The van der Waals surface area contributed by atoms with Crippen molar-refractivity contribution < 1.29 is 47.3 Å². The summed E-state index contributed by atoms with van der Waals surface area (Å²) in [6.45, 7) is 9.97. The molecular weight excluding hydrogens is 543 g/mol. The fourth-order valence-electron chi connectivity index (χ4n) is 3.87. The van der Waals surface area contributed by atoms with Crippen LogP contribution in [0.5, 0.6) is 0 Å². The van der Waals surface area contributed by atoms with Crippen molar-refractivity contribution in [3.63, 3.8) is 0 Å². The van der Waals surface area contributed by atoms with Crippen LogP contribution in [0.3, 0.4) is 0 Å². The molecule has 2 aromatic heterocycles. The van der Waals surface area contributed by atoms with Gasteiger partial charge >= 0.3 is 29.6 Å². The molecule has 0 bridgehead atoms. The van der Waals surface area contributed by atoms with Crippen molar-refractivity contribution in [2.24, 2.45) is 10.2 Å². The zero-order valence-corrected chi connectivity index (χ0v) is 26.4. The summed E-state index contributed by atoms with van der Waals surface area (Å²) in [6.07, 6.45) is 1.78. The van der Waals surface area contributed by atoms with Crippen LogP contribution in [0.15, 0.2) is 52.8 Å². The fraction of sp³-hybridized carbons (Fsp3) is 0.385. The van der Waals surface area contributed by atoms with Gasteiger partial charge in [-0.05, 0) is 43.7 Å². The predicted octanol–water partition coefficient (Wildman–Crippen LogP) is 1.58. The summed E-state index contributed by atoms with van der Waals surface area (Å²) in [5, 5.41) is 26.1. The molecule has 14 heteroatoms. The summed E-state index contributed by atoms with van der Waals surface area (Å²) in [6, 6.07) is 12.6. The van der Waals surface area contributed by atoms with Crippen LogP contribution in [0.2, 0.25) is 0 Å². The summed E-state index contributed by atoms with van der Waals surface area (Å²) in [4.78, 5) is 18.2. The first kappa shape index (κ1) is 33.1. The molecule has 0 aliphatic carbocycles. The van der Waals surface area contributed by atoms with Crippen molar-refractivity contribution in [3.8, 4) is 11.9 Å². The second-order valence-electron chi connectivity index (χ2n) is 9.79. The summed E-state index contributed by atoms with van der Waals surface area (Å²) in [5.41, 5.74) is 1.77. The van der Waals surface area contributed by atoms with Gasteiger partial charge in [-0.15, -0.1) is 10.2 Å². The van der Waals surface area contributed by atoms with Crippen molar-refractivity contribution >= 4 is 38.9 Å². The molecule has 0 fully saturated rings. The molecule has 0 spiro atoms. The number of nitrogens with zero attached hydrogens (tertiary/aromatic N) is 7. The molecule has 206 valence electrons. The van der Waals surface area contributed by atoms with Crippen molar-refractivity contribution in [2.45, 2.75) is 46.5 Å². The van der Waals surface area contributed by atoms with E-state index in [-0.39, 0.29) is 53.3 Å². The SMILES string of the molecule is CCN(CCCS(=O)(=O)[O-])c1ccc(N=Nc2c(C#N)c(C(C)(C)C)nn2-c2ccccn2)c(NC(C)=O)c1.[Na+]. The van der Waals surface area contributed by atoms with Crippen LogP contribution in [0, 0.1) is 11.3 Å². The Labute approximate surface area is 256 Å². The smallest absolute Gasteiger partial charge is 0.748 e. The largest absolute Gasteiger partial charge is 1.00 e. The van der Waals surface area contributed by atoms with Crippen molar-refractivity contribution in [1.82, 2.24) is 14.8 Å². The van der Waals surface area contributed by atoms with Gasteiger partial charge in [0, 0.05) is 43.1 Å². The van der Waals surface area contributed by atoms with Crippen LogP contribution >= 0.6 is 0 Å². The monoisotopic (exact) mass is 574 g/mol. The zero-order valence-electron chi connectivity index (χ0n) is 23.5. The number of hydrogen-bond donors (Lipinski definition) is 1. The number of carbonyl (C=O) groups excluding carboxylic acids is 1. The Hall–Kier alpha value is -3.15. The number of azo groups is 1. The first-order chi connectivity index (χ1) is 18.3. The molecule has 0 saturated carbocycles. The standard InChI is InChI=1S/C26H32N8O4S.Na/c1-6-33(14-9-15-39(36,37)38)19-11-12-21(22(16-19)29-18(2)35)30-31-25-20(17-27)24(26(3,4)5)32-34(25)23-10-7-8-13-28-23;/h7-8,10-13,16H,6,9,14-15H2,1-5H3,(H,29,35)(H,36,37,38);/q;+1/p-1. The molecule has 12 nitrogen and oxygen atoms in total. The first-order valence-corrected chi connectivity index (χ1v) is 13.9. The maximum absolute atomic E-state index is 12.0. The molecule has 0 aliphatic heterocycles. The van der Waals surface area contributed by atoms with Crippen LogP contribution in [-0.2, 0) is 20.3 Å². The fourth-order valence-corrected chi connectivity index (χ4v) is 4.35. The second kappa shape index (κ2) is 14.0. The molecule has 0 unspecified atom stereocenters. The molecule has 0 aliphatic rings. The molecule has 0 saturated heterocycles. The van der Waals surface area contributed by atoms with Gasteiger partial charge < -0.3 is 14.8 Å². The molecule has 40 heavy (non-hydrogen) atoms. The van der Waals surface area contributed by atoms with Crippen LogP contribution in [0.25, 0.3) is 5.82 Å². The number of pyridine rings is 1. The molecule has 0 radical (unpaired) electrons. The number of carbonyl (C=O) groups is 1. The number of benzene rings is 1. The van der Waals surface area contributed by atoms with E-state index in [0.717, 1.165) is 0 Å². The number of nitrogens with one attached hydrogen (secondary N) is 1. The maximum Gasteiger partial charge on any atom is 1.00 e. The Bertz CT molecular complexity index is 1510. The summed E-state index contributed by atoms with van der Waals surface area (Å²) in [7, 11) is -4.31. The first-order valence-electron chi connectivity index (χ1n) is 12.3. The van der Waals surface area contributed by atoms with E-state index in [0.29, 0.717) is 41.7 Å². The van der Waals surface area contributed by atoms with E-state index in [9.17, 15) is 23.0 Å². The van der Waals surface area contributed by atoms with Gasteiger partial charge in [0.25, 0.3) is 0 Å². The topological polar surface area (TPSA) is 169 Å². The van der Waals surface area contributed by atoms with E-state index in [2.05, 4.69) is 31.7 Å². The molecule has 2 heterocycles. The number of nitriles is 1. The van der Waals surface area contributed by atoms with Gasteiger partial charge in [0.05, 0.1) is 21.5 Å². The maximum atomic E-state index is 12.0. The number of aromatic nitrogens is 3. The van der Waals surface area contributed by atoms with E-state index in [1.807, 2.05) is 32.6 Å². The van der Waals surface area contributed by atoms with E-state index in [4.69, 9.17) is 0 Å². The van der Waals surface area contributed by atoms with Crippen molar-refractivity contribution in [3.05, 3.63) is 53.9 Å². The van der Waals surface area contributed by atoms with E-state index in [1.165, 1.54) is 11.6 Å². The Morgan fingerprint density at radius 3 is 2.50 bits per heavy atom. The molecule has 1 amide bonds. The molecule has 0 atom stereocenters. The molecule has 1 N–H and O–H groups in total. The molecular formula is C26H31N8NaO4S. The third-order valence-corrected chi connectivity index (χ3v) is 6.45. The van der Waals surface area contributed by atoms with Gasteiger partial charge in [0.15, 0.2) is 11.6 Å². The zero-order chi connectivity index (χ0) is 28.8. The summed E-state index contributed by atoms with van der Waals surface area (Å²) in [5.74, 6) is -0.117. The Balaban J connectivity index is 0.00000560. The second-order valence-corrected chi connectivity index (χ2v) is 11.3. The molecule has 3 aromatic rings. The minimum absolute atomic E-state index is 0. The van der Waals surface area contributed by atoms with Gasteiger partial charge in [-0.2, -0.15) is 15.0 Å². The normalized spacial score (nSPS) is 11.6. The Morgan fingerprint density at radius 1 is 1.23 bits per heavy atom. The van der Waals surface area contributed by atoms with Crippen molar-refractivity contribution in [2.75, 3.05) is 29.1 Å². The van der Waals surface area contributed by atoms with Gasteiger partial charge in [-0.25, -0.2) is 13.4 Å². The van der Waals surface area contributed by atoms with Gasteiger partial charge in [-0.3, -0.25) is 4.79 Å². The number of amides is 1. The minimum atomic E-state index is -4.31.